The Kier molecular flexibility index (Phi) is 4.74. The second-order valence-electron chi connectivity index (χ2n) is 4.46. The summed E-state index contributed by atoms with van der Waals surface area (Å²) >= 11 is 0. The molecule has 0 bridgehead atoms. The molecule has 1 rings (SSSR count). The molecule has 0 N–H and O–H groups in total. The lowest BCUT2D eigenvalue weighted by atomic mass is 10.1. The average Bonchev–Trinajstić information content (AvgIpc) is 2.14. The number of rotatable bonds is 5. The number of hydrogen-bond acceptors (Lipinski definition) is 1. The lowest BCUT2D eigenvalue weighted by Gasteiger charge is -2.37. The van der Waals surface area contributed by atoms with Crippen LogP contribution >= 0.6 is 0 Å². The Morgan fingerprint density at radius 1 is 1.08 bits per heavy atom. The number of likely N-dealkylation sites (N-methyl/N-ethyl adjacent to an activating group) is 1. The monoisotopic (exact) mass is 186 g/mol. The van der Waals surface area contributed by atoms with Gasteiger partial charge in [-0.1, -0.05) is 6.92 Å². The van der Waals surface area contributed by atoms with Gasteiger partial charge in [-0.3, -0.25) is 0 Å². The van der Waals surface area contributed by atoms with Gasteiger partial charge in [-0.2, -0.15) is 0 Å². The van der Waals surface area contributed by atoms with Crippen LogP contribution in [-0.4, -0.2) is 44.4 Å². The molecule has 0 aromatic carbocycles. The SMILES string of the molecule is CCCOCC[N+]1(C)CCCCC1. The predicted octanol–water partition coefficient (Wildman–Crippen LogP) is 2.04. The van der Waals surface area contributed by atoms with Crippen molar-refractivity contribution in [1.82, 2.24) is 0 Å². The third kappa shape index (κ3) is 4.10. The molecule has 0 unspecified atom stereocenters. The molecular formula is C11H24NO+. The van der Waals surface area contributed by atoms with Crippen molar-refractivity contribution in [3.05, 3.63) is 0 Å². The topological polar surface area (TPSA) is 9.23 Å². The molecular weight excluding hydrogens is 162 g/mol. The lowest BCUT2D eigenvalue weighted by Crippen LogP contribution is -2.49. The molecule has 0 atom stereocenters. The van der Waals surface area contributed by atoms with Gasteiger partial charge in [-0.05, 0) is 25.7 Å². The molecule has 0 radical (unpaired) electrons. The van der Waals surface area contributed by atoms with Gasteiger partial charge in [0.15, 0.2) is 0 Å². The minimum atomic E-state index is 0.931. The van der Waals surface area contributed by atoms with Gasteiger partial charge in [0.1, 0.15) is 6.54 Å². The minimum absolute atomic E-state index is 0.931. The van der Waals surface area contributed by atoms with Crippen LogP contribution in [0.25, 0.3) is 0 Å². The van der Waals surface area contributed by atoms with Gasteiger partial charge in [0.25, 0.3) is 0 Å². The zero-order chi connectivity index (χ0) is 9.57. The smallest absolute Gasteiger partial charge is 0.102 e. The first-order valence-electron chi connectivity index (χ1n) is 5.68. The summed E-state index contributed by atoms with van der Waals surface area (Å²) in [4.78, 5) is 0. The first-order valence-corrected chi connectivity index (χ1v) is 5.68. The van der Waals surface area contributed by atoms with Gasteiger partial charge in [0, 0.05) is 6.61 Å². The standard InChI is InChI=1S/C11H24NO/c1-3-10-13-11-9-12(2)7-5-4-6-8-12/h3-11H2,1-2H3/q+1. The molecule has 0 amide bonds. The van der Waals surface area contributed by atoms with Gasteiger partial charge < -0.3 is 9.22 Å². The molecule has 1 aliphatic rings. The van der Waals surface area contributed by atoms with Crippen LogP contribution in [0.4, 0.5) is 0 Å². The number of quaternary nitrogens is 1. The van der Waals surface area contributed by atoms with Gasteiger partial charge >= 0.3 is 0 Å². The summed E-state index contributed by atoms with van der Waals surface area (Å²) in [5, 5.41) is 0. The van der Waals surface area contributed by atoms with Crippen molar-refractivity contribution in [3.8, 4) is 0 Å². The van der Waals surface area contributed by atoms with Crippen LogP contribution in [-0.2, 0) is 4.74 Å². The summed E-state index contributed by atoms with van der Waals surface area (Å²) < 4.78 is 6.77. The van der Waals surface area contributed by atoms with Gasteiger partial charge in [-0.25, -0.2) is 0 Å². The largest absolute Gasteiger partial charge is 0.376 e. The maximum Gasteiger partial charge on any atom is 0.102 e. The van der Waals surface area contributed by atoms with Crippen LogP contribution < -0.4 is 0 Å². The zero-order valence-electron chi connectivity index (χ0n) is 9.22. The summed E-state index contributed by atoms with van der Waals surface area (Å²) in [6.45, 7) is 7.96. The maximum absolute atomic E-state index is 5.54. The van der Waals surface area contributed by atoms with Crippen LogP contribution in [0.15, 0.2) is 0 Å². The number of likely N-dealkylation sites (tertiary alicyclic amines) is 1. The van der Waals surface area contributed by atoms with Crippen LogP contribution in [0.1, 0.15) is 32.6 Å². The van der Waals surface area contributed by atoms with Crippen molar-refractivity contribution >= 4 is 0 Å². The Bertz CT molecular complexity index is 130. The van der Waals surface area contributed by atoms with E-state index < -0.39 is 0 Å². The minimum Gasteiger partial charge on any atom is -0.376 e. The number of hydrogen-bond donors (Lipinski definition) is 0. The molecule has 1 heterocycles. The van der Waals surface area contributed by atoms with Crippen LogP contribution in [0.5, 0.6) is 0 Å². The number of piperidine rings is 1. The fourth-order valence-corrected chi connectivity index (χ4v) is 2.03. The Hall–Kier alpha value is -0.0800. The first kappa shape index (κ1) is 11.0. The van der Waals surface area contributed by atoms with Gasteiger partial charge in [0.05, 0.1) is 26.7 Å². The molecule has 0 aromatic rings. The maximum atomic E-state index is 5.54. The van der Waals surface area contributed by atoms with E-state index in [1.807, 2.05) is 0 Å². The summed E-state index contributed by atoms with van der Waals surface area (Å²) in [6.07, 6.45) is 5.39. The van der Waals surface area contributed by atoms with E-state index in [4.69, 9.17) is 4.74 Å². The summed E-state index contributed by atoms with van der Waals surface area (Å²) in [6, 6.07) is 0. The van der Waals surface area contributed by atoms with Crippen LogP contribution in [0, 0.1) is 0 Å². The fourth-order valence-electron chi connectivity index (χ4n) is 2.03. The normalized spacial score (nSPS) is 21.7. The van der Waals surface area contributed by atoms with E-state index >= 15 is 0 Å². The summed E-state index contributed by atoms with van der Waals surface area (Å²) in [5.74, 6) is 0. The molecule has 0 saturated carbocycles. The second kappa shape index (κ2) is 5.61. The third-order valence-corrected chi connectivity index (χ3v) is 3.02. The van der Waals surface area contributed by atoms with Crippen molar-refractivity contribution < 1.29 is 9.22 Å². The second-order valence-corrected chi connectivity index (χ2v) is 4.46. The van der Waals surface area contributed by atoms with E-state index in [2.05, 4.69) is 14.0 Å². The number of ether oxygens (including phenoxy) is 1. The predicted molar refractivity (Wildman–Crippen MR) is 55.7 cm³/mol. The highest BCUT2D eigenvalue weighted by atomic mass is 16.5. The Balaban J connectivity index is 2.10. The number of nitrogens with zero attached hydrogens (tertiary/aromatic N) is 1. The molecule has 2 heteroatoms. The Morgan fingerprint density at radius 2 is 1.77 bits per heavy atom. The van der Waals surface area contributed by atoms with Gasteiger partial charge in [0.2, 0.25) is 0 Å². The molecule has 0 aliphatic carbocycles. The first-order chi connectivity index (χ1) is 6.27. The average molecular weight is 186 g/mol. The molecule has 0 aromatic heterocycles. The van der Waals surface area contributed by atoms with Crippen molar-refractivity contribution in [1.29, 1.82) is 0 Å². The molecule has 1 aliphatic heterocycles. The summed E-state index contributed by atoms with van der Waals surface area (Å²) in [7, 11) is 2.37. The van der Waals surface area contributed by atoms with Gasteiger partial charge in [-0.15, -0.1) is 0 Å². The lowest BCUT2D eigenvalue weighted by molar-refractivity contribution is -0.914. The van der Waals surface area contributed by atoms with Crippen molar-refractivity contribution in [2.75, 3.05) is 39.9 Å². The van der Waals surface area contributed by atoms with Crippen LogP contribution in [0.2, 0.25) is 0 Å². The molecule has 2 nitrogen and oxygen atoms in total. The summed E-state index contributed by atoms with van der Waals surface area (Å²) in [5.41, 5.74) is 0. The van der Waals surface area contributed by atoms with Crippen LogP contribution in [0.3, 0.4) is 0 Å². The molecule has 78 valence electrons. The van der Waals surface area contributed by atoms with Crippen molar-refractivity contribution in [3.63, 3.8) is 0 Å². The van der Waals surface area contributed by atoms with Crippen molar-refractivity contribution in [2.45, 2.75) is 32.6 Å². The Morgan fingerprint density at radius 3 is 2.38 bits per heavy atom. The molecule has 1 saturated heterocycles. The quantitative estimate of drug-likeness (QED) is 0.471. The van der Waals surface area contributed by atoms with E-state index in [0.29, 0.717) is 0 Å². The molecule has 0 spiro atoms. The fraction of sp³-hybridized carbons (Fsp3) is 1.00. The van der Waals surface area contributed by atoms with E-state index in [9.17, 15) is 0 Å². The highest BCUT2D eigenvalue weighted by Crippen LogP contribution is 2.15. The van der Waals surface area contributed by atoms with E-state index in [1.165, 1.54) is 43.4 Å². The van der Waals surface area contributed by atoms with E-state index in [1.54, 1.807) is 0 Å². The Labute approximate surface area is 82.5 Å². The van der Waals surface area contributed by atoms with E-state index in [0.717, 1.165) is 19.6 Å². The van der Waals surface area contributed by atoms with Crippen molar-refractivity contribution in [2.24, 2.45) is 0 Å². The molecule has 1 fully saturated rings. The highest BCUT2D eigenvalue weighted by Gasteiger charge is 2.23. The zero-order valence-corrected chi connectivity index (χ0v) is 9.22. The highest BCUT2D eigenvalue weighted by molar-refractivity contribution is 4.51. The molecule has 13 heavy (non-hydrogen) atoms. The third-order valence-electron chi connectivity index (χ3n) is 3.02. The van der Waals surface area contributed by atoms with E-state index in [-0.39, 0.29) is 0 Å².